The van der Waals surface area contributed by atoms with Gasteiger partial charge in [0.15, 0.2) is 0 Å². The van der Waals surface area contributed by atoms with Gasteiger partial charge < -0.3 is 0 Å². The number of hydrogen-bond donors (Lipinski definition) is 0. The van der Waals surface area contributed by atoms with Gasteiger partial charge in [-0.1, -0.05) is 13.3 Å². The van der Waals surface area contributed by atoms with Crippen LogP contribution in [-0.4, -0.2) is 5.91 Å². The van der Waals surface area contributed by atoms with E-state index in [0.717, 1.165) is 12.8 Å². The Morgan fingerprint density at radius 2 is 2.38 bits per heavy atom. The van der Waals surface area contributed by atoms with Crippen molar-refractivity contribution in [3.05, 3.63) is 4.85 Å². The summed E-state index contributed by atoms with van der Waals surface area (Å²) >= 11 is 0. The van der Waals surface area contributed by atoms with Crippen LogP contribution in [0.5, 0.6) is 0 Å². The first-order chi connectivity index (χ1) is 3.81. The van der Waals surface area contributed by atoms with Crippen LogP contribution in [0, 0.1) is 6.57 Å². The molecule has 0 saturated carbocycles. The lowest BCUT2D eigenvalue weighted by Gasteiger charge is -1.78. The monoisotopic (exact) mass is 112 g/mol. The molecule has 0 radical (unpaired) electrons. The minimum Gasteiger partial charge on any atom is -0.200 e. The van der Waals surface area contributed by atoms with E-state index in [4.69, 9.17) is 0 Å². The summed E-state index contributed by atoms with van der Waals surface area (Å²) in [5.41, 5.74) is 0. The molecule has 0 spiro atoms. The topological polar surface area (TPSA) is 21.4 Å². The van der Waals surface area contributed by atoms with Gasteiger partial charge in [-0.2, -0.15) is 0 Å². The zero-order chi connectivity index (χ0) is 6.41. The molecule has 44 valence electrons. The van der Waals surface area contributed by atoms with Crippen molar-refractivity contribution in [2.45, 2.75) is 26.2 Å². The molecule has 0 aromatic carbocycles. The first kappa shape index (κ1) is 7.16. The third-order valence-electron chi connectivity index (χ3n) is 0.888. The summed E-state index contributed by atoms with van der Waals surface area (Å²) in [5, 5.41) is 0. The highest BCUT2D eigenvalue weighted by molar-refractivity contribution is 5.85. The highest BCUT2D eigenvalue weighted by atomic mass is 16.1. The Labute approximate surface area is 49.3 Å². The maximum absolute atomic E-state index is 10.3. The van der Waals surface area contributed by atoms with Crippen LogP contribution >= 0.6 is 0 Å². The minimum atomic E-state index is -0.202. The highest BCUT2D eigenvalue weighted by Crippen LogP contribution is 1.94. The van der Waals surface area contributed by atoms with E-state index < -0.39 is 0 Å². The van der Waals surface area contributed by atoms with Crippen molar-refractivity contribution in [3.8, 4) is 6.57 Å². The predicted molar refractivity (Wildman–Crippen MR) is 32.8 cm³/mol. The zero-order valence-electron chi connectivity index (χ0n) is 5.05. The Bertz CT molecular complexity index is 112. The molecular formula is C6H10NO+. The average molecular weight is 112 g/mol. The number of amides is 1. The number of unbranched alkanes of at least 4 members (excludes halogenated alkanes) is 1. The van der Waals surface area contributed by atoms with Crippen LogP contribution in [0.15, 0.2) is 0 Å². The molecule has 0 N–H and O–H groups in total. The quantitative estimate of drug-likeness (QED) is 0.544. The zero-order valence-corrected chi connectivity index (χ0v) is 5.05. The fraction of sp³-hybridized carbons (Fsp3) is 0.667. The van der Waals surface area contributed by atoms with E-state index in [0.29, 0.717) is 6.42 Å². The van der Waals surface area contributed by atoms with Crippen molar-refractivity contribution in [3.63, 3.8) is 0 Å². The van der Waals surface area contributed by atoms with Gasteiger partial charge in [0, 0.05) is 4.85 Å². The van der Waals surface area contributed by atoms with E-state index in [1.807, 2.05) is 6.92 Å². The van der Waals surface area contributed by atoms with Gasteiger partial charge in [-0.3, -0.25) is 0 Å². The van der Waals surface area contributed by atoms with Crippen molar-refractivity contribution in [2.75, 3.05) is 0 Å². The highest BCUT2D eigenvalue weighted by Gasteiger charge is 2.06. The standard InChI is InChI=1S/C6H10NO/c1-3-4-5-6(8)7-2/h2H,3-5H2,1H3/q+1. The van der Waals surface area contributed by atoms with Gasteiger partial charge in [-0.05, 0) is 6.42 Å². The predicted octanol–water partition coefficient (Wildman–Crippen LogP) is 1.67. The molecule has 0 unspecified atom stereocenters. The van der Waals surface area contributed by atoms with Gasteiger partial charge in [0.05, 0.1) is 6.42 Å². The van der Waals surface area contributed by atoms with Crippen molar-refractivity contribution in [1.29, 1.82) is 0 Å². The van der Waals surface area contributed by atoms with Gasteiger partial charge in [-0.15, -0.1) is 0 Å². The third-order valence-corrected chi connectivity index (χ3v) is 0.888. The lowest BCUT2D eigenvalue weighted by Crippen LogP contribution is -1.86. The summed E-state index contributed by atoms with van der Waals surface area (Å²) in [6, 6.07) is 0. The molecule has 0 aliphatic heterocycles. The molecule has 8 heavy (non-hydrogen) atoms. The van der Waals surface area contributed by atoms with E-state index >= 15 is 0 Å². The Kier molecular flexibility index (Phi) is 3.87. The van der Waals surface area contributed by atoms with Crippen LogP contribution in [0.3, 0.4) is 0 Å². The summed E-state index contributed by atoms with van der Waals surface area (Å²) in [6.45, 7) is 6.71. The van der Waals surface area contributed by atoms with Crippen LogP contribution in [0.2, 0.25) is 0 Å². The Morgan fingerprint density at radius 3 is 2.75 bits per heavy atom. The smallest absolute Gasteiger partial charge is 0.200 e. The molecular weight excluding hydrogens is 102 g/mol. The molecule has 2 nitrogen and oxygen atoms in total. The maximum Gasteiger partial charge on any atom is 0.514 e. The summed E-state index contributed by atoms with van der Waals surface area (Å²) in [7, 11) is 0. The summed E-state index contributed by atoms with van der Waals surface area (Å²) in [6.07, 6.45) is 2.40. The van der Waals surface area contributed by atoms with E-state index in [1.165, 1.54) is 0 Å². The first-order valence-corrected chi connectivity index (χ1v) is 2.75. The lowest BCUT2D eigenvalue weighted by molar-refractivity contribution is -0.114. The molecule has 0 aromatic heterocycles. The molecule has 1 amide bonds. The van der Waals surface area contributed by atoms with Gasteiger partial charge in [0.1, 0.15) is 0 Å². The summed E-state index contributed by atoms with van der Waals surface area (Å²) < 4.78 is 0. The van der Waals surface area contributed by atoms with Crippen molar-refractivity contribution in [1.82, 2.24) is 0 Å². The second-order valence-electron chi connectivity index (χ2n) is 1.63. The number of rotatable bonds is 3. The lowest BCUT2D eigenvalue weighted by atomic mass is 10.2. The molecule has 0 aliphatic rings. The van der Waals surface area contributed by atoms with Gasteiger partial charge in [0.25, 0.3) is 6.57 Å². The number of hydrogen-bond acceptors (Lipinski definition) is 1. The first-order valence-electron chi connectivity index (χ1n) is 2.75. The molecule has 0 aromatic rings. The molecule has 0 atom stereocenters. The van der Waals surface area contributed by atoms with E-state index in [2.05, 4.69) is 11.4 Å². The van der Waals surface area contributed by atoms with Crippen LogP contribution in [0.1, 0.15) is 26.2 Å². The normalized spacial score (nSPS) is 8.00. The second kappa shape index (κ2) is 4.32. The fourth-order valence-corrected chi connectivity index (χ4v) is 0.393. The van der Waals surface area contributed by atoms with Crippen LogP contribution < -0.4 is 0 Å². The number of carbonyl (C=O) groups is 1. The largest absolute Gasteiger partial charge is 0.514 e. The molecule has 0 fully saturated rings. The molecule has 0 bridgehead atoms. The fourth-order valence-electron chi connectivity index (χ4n) is 0.393. The van der Waals surface area contributed by atoms with E-state index in [-0.39, 0.29) is 5.91 Å². The minimum absolute atomic E-state index is 0.202. The molecule has 0 saturated heterocycles. The Morgan fingerprint density at radius 1 is 1.75 bits per heavy atom. The van der Waals surface area contributed by atoms with Crippen LogP contribution in [-0.2, 0) is 4.79 Å². The molecule has 2 heteroatoms. The van der Waals surface area contributed by atoms with Crippen molar-refractivity contribution in [2.24, 2.45) is 0 Å². The average Bonchev–Trinajstić information content (AvgIpc) is 1.83. The summed E-state index contributed by atoms with van der Waals surface area (Å²) in [5.74, 6) is -0.202. The number of carbonyl (C=O) groups excluding carboxylic acids is 1. The van der Waals surface area contributed by atoms with E-state index in [1.54, 1.807) is 0 Å². The van der Waals surface area contributed by atoms with Gasteiger partial charge >= 0.3 is 5.91 Å². The maximum atomic E-state index is 10.3. The SMILES string of the molecule is C#[N+]C(=O)CCCC. The van der Waals surface area contributed by atoms with Gasteiger partial charge in [-0.25, -0.2) is 4.79 Å². The molecule has 0 rings (SSSR count). The Balaban J connectivity index is 3.16. The van der Waals surface area contributed by atoms with Crippen LogP contribution in [0.4, 0.5) is 0 Å². The van der Waals surface area contributed by atoms with Crippen molar-refractivity contribution < 1.29 is 4.79 Å². The van der Waals surface area contributed by atoms with Crippen molar-refractivity contribution >= 4 is 5.91 Å². The Hall–Kier alpha value is -0.840. The van der Waals surface area contributed by atoms with Crippen LogP contribution in [0.25, 0.3) is 4.85 Å². The summed E-state index contributed by atoms with van der Waals surface area (Å²) in [4.78, 5) is 13.3. The van der Waals surface area contributed by atoms with E-state index in [9.17, 15) is 4.79 Å². The number of nitrogens with zero attached hydrogens (tertiary/aromatic N) is 1. The molecule has 0 heterocycles. The van der Waals surface area contributed by atoms with Gasteiger partial charge in [0.2, 0.25) is 0 Å². The second-order valence-corrected chi connectivity index (χ2v) is 1.63. The third kappa shape index (κ3) is 3.35. The molecule has 0 aliphatic carbocycles.